The Hall–Kier alpha value is -0.170. The van der Waals surface area contributed by atoms with Gasteiger partial charge in [0.15, 0.2) is 0 Å². The SMILES string of the molecule is CCC1(N)CN(S(=O)(=O)NC(C)(C)C)C1. The van der Waals surface area contributed by atoms with Gasteiger partial charge >= 0.3 is 0 Å². The van der Waals surface area contributed by atoms with Crippen LogP contribution in [0.2, 0.25) is 0 Å². The lowest BCUT2D eigenvalue weighted by Crippen LogP contribution is -2.70. The Kier molecular flexibility index (Phi) is 3.17. The number of nitrogens with one attached hydrogen (secondary N) is 1. The summed E-state index contributed by atoms with van der Waals surface area (Å²) < 4.78 is 27.6. The van der Waals surface area contributed by atoms with Crippen LogP contribution in [0, 0.1) is 0 Å². The van der Waals surface area contributed by atoms with Crippen molar-refractivity contribution in [1.29, 1.82) is 0 Å². The van der Waals surface area contributed by atoms with Crippen molar-refractivity contribution in [3.8, 4) is 0 Å². The lowest BCUT2D eigenvalue weighted by atomic mass is 9.91. The van der Waals surface area contributed by atoms with Crippen molar-refractivity contribution in [2.75, 3.05) is 13.1 Å². The van der Waals surface area contributed by atoms with Crippen molar-refractivity contribution in [3.63, 3.8) is 0 Å². The van der Waals surface area contributed by atoms with Gasteiger partial charge < -0.3 is 5.73 Å². The number of hydrogen-bond donors (Lipinski definition) is 2. The Morgan fingerprint density at radius 1 is 1.40 bits per heavy atom. The minimum atomic E-state index is -3.36. The van der Waals surface area contributed by atoms with Crippen molar-refractivity contribution in [2.24, 2.45) is 5.73 Å². The van der Waals surface area contributed by atoms with E-state index in [0.29, 0.717) is 13.1 Å². The Morgan fingerprint density at radius 2 is 1.87 bits per heavy atom. The fraction of sp³-hybridized carbons (Fsp3) is 1.00. The smallest absolute Gasteiger partial charge is 0.280 e. The molecule has 0 aromatic rings. The van der Waals surface area contributed by atoms with Gasteiger partial charge in [0.2, 0.25) is 0 Å². The van der Waals surface area contributed by atoms with E-state index in [0.717, 1.165) is 6.42 Å². The molecule has 0 aromatic carbocycles. The highest BCUT2D eigenvalue weighted by molar-refractivity contribution is 7.87. The van der Waals surface area contributed by atoms with E-state index in [1.165, 1.54) is 4.31 Å². The van der Waals surface area contributed by atoms with E-state index in [1.54, 1.807) is 0 Å². The molecule has 0 bridgehead atoms. The molecule has 0 aliphatic carbocycles. The summed E-state index contributed by atoms with van der Waals surface area (Å²) in [5.74, 6) is 0. The first kappa shape index (κ1) is 12.9. The van der Waals surface area contributed by atoms with Crippen LogP contribution in [0.3, 0.4) is 0 Å². The highest BCUT2D eigenvalue weighted by Gasteiger charge is 2.44. The third-order valence-electron chi connectivity index (χ3n) is 2.46. The van der Waals surface area contributed by atoms with Crippen LogP contribution in [0.1, 0.15) is 34.1 Å². The molecule has 0 spiro atoms. The summed E-state index contributed by atoms with van der Waals surface area (Å²) in [5.41, 5.74) is 5.15. The lowest BCUT2D eigenvalue weighted by molar-refractivity contribution is 0.150. The van der Waals surface area contributed by atoms with Gasteiger partial charge in [-0.3, -0.25) is 0 Å². The standard InChI is InChI=1S/C9H21N3O2S/c1-5-9(10)6-12(7-9)15(13,14)11-8(2,3)4/h11H,5-7,10H2,1-4H3. The maximum Gasteiger partial charge on any atom is 0.280 e. The second-order valence-corrected chi connectivity index (χ2v) is 7.01. The predicted molar refractivity (Wildman–Crippen MR) is 60.6 cm³/mol. The molecule has 15 heavy (non-hydrogen) atoms. The molecule has 1 rings (SSSR count). The average Bonchev–Trinajstić information content (AvgIpc) is 1.93. The molecule has 1 aliphatic rings. The first-order valence-electron chi connectivity index (χ1n) is 5.16. The van der Waals surface area contributed by atoms with Crippen LogP contribution in [0.5, 0.6) is 0 Å². The summed E-state index contributed by atoms with van der Waals surface area (Å²) in [6.45, 7) is 8.25. The summed E-state index contributed by atoms with van der Waals surface area (Å²) in [7, 11) is -3.36. The van der Waals surface area contributed by atoms with Gasteiger partial charge in [-0.05, 0) is 27.2 Å². The molecule has 1 heterocycles. The average molecular weight is 235 g/mol. The van der Waals surface area contributed by atoms with Crippen LogP contribution in [-0.4, -0.2) is 36.9 Å². The molecule has 1 aliphatic heterocycles. The minimum absolute atomic E-state index is 0.327. The number of nitrogens with two attached hydrogens (primary N) is 1. The summed E-state index contributed by atoms with van der Waals surface area (Å²) >= 11 is 0. The van der Waals surface area contributed by atoms with Gasteiger partial charge in [-0.2, -0.15) is 17.4 Å². The Labute approximate surface area is 92.2 Å². The molecule has 0 radical (unpaired) electrons. The van der Waals surface area contributed by atoms with Crippen molar-refractivity contribution < 1.29 is 8.42 Å². The van der Waals surface area contributed by atoms with Gasteiger partial charge in [0.1, 0.15) is 0 Å². The zero-order valence-electron chi connectivity index (χ0n) is 9.87. The summed E-state index contributed by atoms with van der Waals surface area (Å²) in [6.07, 6.45) is 0.800. The van der Waals surface area contributed by atoms with E-state index in [4.69, 9.17) is 5.73 Å². The molecule has 5 nitrogen and oxygen atoms in total. The van der Waals surface area contributed by atoms with E-state index in [2.05, 4.69) is 4.72 Å². The van der Waals surface area contributed by atoms with Crippen molar-refractivity contribution in [3.05, 3.63) is 0 Å². The van der Waals surface area contributed by atoms with Crippen LogP contribution in [0.25, 0.3) is 0 Å². The zero-order valence-corrected chi connectivity index (χ0v) is 10.7. The van der Waals surface area contributed by atoms with Crippen molar-refractivity contribution in [1.82, 2.24) is 9.03 Å². The molecule has 3 N–H and O–H groups in total. The maximum atomic E-state index is 11.8. The van der Waals surface area contributed by atoms with Crippen molar-refractivity contribution >= 4 is 10.2 Å². The largest absolute Gasteiger partial charge is 0.323 e. The monoisotopic (exact) mass is 235 g/mol. The maximum absolute atomic E-state index is 11.8. The first-order valence-corrected chi connectivity index (χ1v) is 6.60. The Bertz CT molecular complexity index is 326. The third kappa shape index (κ3) is 3.14. The fourth-order valence-electron chi connectivity index (χ4n) is 1.50. The van der Waals surface area contributed by atoms with Crippen LogP contribution < -0.4 is 10.5 Å². The number of rotatable bonds is 3. The molecule has 6 heteroatoms. The minimum Gasteiger partial charge on any atom is -0.323 e. The topological polar surface area (TPSA) is 75.4 Å². The molecule has 90 valence electrons. The highest BCUT2D eigenvalue weighted by Crippen LogP contribution is 2.24. The summed E-state index contributed by atoms with van der Waals surface area (Å²) in [6, 6.07) is 0. The van der Waals surface area contributed by atoms with Gasteiger partial charge in [0.25, 0.3) is 10.2 Å². The van der Waals surface area contributed by atoms with Crippen LogP contribution in [0.15, 0.2) is 0 Å². The molecule has 0 atom stereocenters. The second-order valence-electron chi connectivity index (χ2n) is 5.34. The Morgan fingerprint density at radius 3 is 2.20 bits per heavy atom. The normalized spacial score (nSPS) is 22.5. The van der Waals surface area contributed by atoms with Crippen molar-refractivity contribution in [2.45, 2.75) is 45.2 Å². The molecule has 0 amide bonds. The summed E-state index contributed by atoms with van der Waals surface area (Å²) in [5, 5.41) is 0. The van der Waals surface area contributed by atoms with E-state index in [9.17, 15) is 8.42 Å². The molecule has 1 saturated heterocycles. The molecular weight excluding hydrogens is 214 g/mol. The first-order chi connectivity index (χ1) is 6.58. The van der Waals surface area contributed by atoms with Gasteiger partial charge in [0, 0.05) is 24.2 Å². The van der Waals surface area contributed by atoms with Crippen LogP contribution in [-0.2, 0) is 10.2 Å². The van der Waals surface area contributed by atoms with Gasteiger partial charge in [0.05, 0.1) is 0 Å². The molecule has 0 saturated carbocycles. The predicted octanol–water partition coefficient (Wildman–Crippen LogP) is 0.0424. The van der Waals surface area contributed by atoms with E-state index in [-0.39, 0.29) is 5.54 Å². The van der Waals surface area contributed by atoms with Gasteiger partial charge in [-0.1, -0.05) is 6.92 Å². The third-order valence-corrected chi connectivity index (χ3v) is 4.27. The van der Waals surface area contributed by atoms with E-state index >= 15 is 0 Å². The second kappa shape index (κ2) is 3.69. The zero-order chi connectivity index (χ0) is 11.9. The highest BCUT2D eigenvalue weighted by atomic mass is 32.2. The van der Waals surface area contributed by atoms with Crippen LogP contribution >= 0.6 is 0 Å². The van der Waals surface area contributed by atoms with E-state index in [1.807, 2.05) is 27.7 Å². The van der Waals surface area contributed by atoms with Gasteiger partial charge in [-0.25, -0.2) is 0 Å². The molecule has 1 fully saturated rings. The fourth-order valence-corrected chi connectivity index (χ4v) is 3.26. The summed E-state index contributed by atoms with van der Waals surface area (Å²) in [4.78, 5) is 0. The Balaban J connectivity index is 2.61. The number of nitrogens with zero attached hydrogens (tertiary/aromatic N) is 1. The van der Waals surface area contributed by atoms with Crippen LogP contribution in [0.4, 0.5) is 0 Å². The van der Waals surface area contributed by atoms with E-state index < -0.39 is 15.7 Å². The molecule has 0 aromatic heterocycles. The lowest BCUT2D eigenvalue weighted by Gasteiger charge is -2.46. The molecular formula is C9H21N3O2S. The quantitative estimate of drug-likeness (QED) is 0.725. The number of hydrogen-bond acceptors (Lipinski definition) is 3. The van der Waals surface area contributed by atoms with Gasteiger partial charge in [-0.15, -0.1) is 0 Å². The molecule has 0 unspecified atom stereocenters.